The molecule has 0 unspecified atom stereocenters. The lowest BCUT2D eigenvalue weighted by molar-refractivity contribution is 0.240. The Labute approximate surface area is 154 Å². The summed E-state index contributed by atoms with van der Waals surface area (Å²) in [6, 6.07) is 19.8. The van der Waals surface area contributed by atoms with Gasteiger partial charge in [-0.25, -0.2) is 9.48 Å². The van der Waals surface area contributed by atoms with Crippen LogP contribution >= 0.6 is 0 Å². The topological polar surface area (TPSA) is 59.0 Å². The molecule has 0 saturated heterocycles. The third-order valence-corrected chi connectivity index (χ3v) is 4.11. The Balaban J connectivity index is 1.81. The number of carbonyl (C=O) groups is 1. The monoisotopic (exact) mass is 348 g/mol. The highest BCUT2D eigenvalue weighted by Crippen LogP contribution is 2.23. The van der Waals surface area contributed by atoms with Crippen molar-refractivity contribution in [3.8, 4) is 16.9 Å². The lowest BCUT2D eigenvalue weighted by Gasteiger charge is -2.07. The van der Waals surface area contributed by atoms with Crippen molar-refractivity contribution in [1.82, 2.24) is 20.4 Å². The lowest BCUT2D eigenvalue weighted by atomic mass is 10.1. The molecule has 134 valence electrons. The van der Waals surface area contributed by atoms with Crippen molar-refractivity contribution in [3.05, 3.63) is 72.4 Å². The van der Waals surface area contributed by atoms with Crippen molar-refractivity contribution in [2.45, 2.75) is 26.3 Å². The zero-order valence-electron chi connectivity index (χ0n) is 15.0. The molecule has 1 aromatic heterocycles. The van der Waals surface area contributed by atoms with Gasteiger partial charge >= 0.3 is 6.03 Å². The first-order valence-corrected chi connectivity index (χ1v) is 8.99. The van der Waals surface area contributed by atoms with E-state index in [1.165, 1.54) is 0 Å². The predicted octanol–water partition coefficient (Wildman–Crippen LogP) is 4.14. The summed E-state index contributed by atoms with van der Waals surface area (Å²) in [5, 5.41) is 10.6. The van der Waals surface area contributed by atoms with E-state index in [9.17, 15) is 4.79 Å². The molecule has 3 rings (SSSR count). The minimum atomic E-state index is -0.148. The minimum absolute atomic E-state index is 0.148. The van der Waals surface area contributed by atoms with E-state index in [1.807, 2.05) is 71.5 Å². The van der Waals surface area contributed by atoms with E-state index in [1.54, 1.807) is 0 Å². The van der Waals surface area contributed by atoms with Crippen molar-refractivity contribution in [3.63, 3.8) is 0 Å². The third-order valence-electron chi connectivity index (χ3n) is 4.11. The molecule has 0 bridgehead atoms. The smallest absolute Gasteiger partial charge is 0.315 e. The summed E-state index contributed by atoms with van der Waals surface area (Å²) in [6.07, 6.45) is 4.01. The van der Waals surface area contributed by atoms with Crippen LogP contribution in [0.4, 0.5) is 4.79 Å². The average molecular weight is 348 g/mol. The fraction of sp³-hybridized carbons (Fsp3) is 0.238. The van der Waals surface area contributed by atoms with Crippen molar-refractivity contribution >= 4 is 6.03 Å². The predicted molar refractivity (Wildman–Crippen MR) is 104 cm³/mol. The molecule has 5 heteroatoms. The number of aromatic nitrogens is 2. The third kappa shape index (κ3) is 4.51. The van der Waals surface area contributed by atoms with Gasteiger partial charge in [-0.3, -0.25) is 0 Å². The van der Waals surface area contributed by atoms with E-state index < -0.39 is 0 Å². The van der Waals surface area contributed by atoms with E-state index in [4.69, 9.17) is 5.10 Å². The normalized spacial score (nSPS) is 10.5. The van der Waals surface area contributed by atoms with Gasteiger partial charge in [0.15, 0.2) is 0 Å². The number of para-hydroxylation sites is 1. The van der Waals surface area contributed by atoms with Gasteiger partial charge in [0, 0.05) is 30.4 Å². The number of carbonyl (C=O) groups excluding carboxylic acids is 1. The fourth-order valence-electron chi connectivity index (χ4n) is 2.71. The van der Waals surface area contributed by atoms with Crippen LogP contribution < -0.4 is 10.6 Å². The van der Waals surface area contributed by atoms with Crippen LogP contribution in [0.5, 0.6) is 0 Å². The first-order chi connectivity index (χ1) is 12.8. The molecule has 0 spiro atoms. The van der Waals surface area contributed by atoms with Crippen LogP contribution in [0.3, 0.4) is 0 Å². The summed E-state index contributed by atoms with van der Waals surface area (Å²) in [4.78, 5) is 12.0. The summed E-state index contributed by atoms with van der Waals surface area (Å²) in [7, 11) is 0. The van der Waals surface area contributed by atoms with E-state index in [0.29, 0.717) is 13.1 Å². The highest BCUT2D eigenvalue weighted by atomic mass is 16.2. The van der Waals surface area contributed by atoms with Gasteiger partial charge in [-0.05, 0) is 18.6 Å². The Bertz CT molecular complexity index is 828. The molecule has 0 aliphatic carbocycles. The molecule has 2 aromatic carbocycles. The van der Waals surface area contributed by atoms with Gasteiger partial charge in [0.2, 0.25) is 0 Å². The summed E-state index contributed by atoms with van der Waals surface area (Å²) >= 11 is 0. The first kappa shape index (κ1) is 17.7. The molecule has 0 aliphatic heterocycles. The zero-order valence-corrected chi connectivity index (χ0v) is 15.0. The highest BCUT2D eigenvalue weighted by Gasteiger charge is 2.13. The molecule has 0 aliphatic rings. The molecule has 0 atom stereocenters. The molecule has 0 fully saturated rings. The van der Waals surface area contributed by atoms with E-state index in [-0.39, 0.29) is 6.03 Å². The van der Waals surface area contributed by atoms with Crippen LogP contribution in [0.25, 0.3) is 16.9 Å². The van der Waals surface area contributed by atoms with Crippen LogP contribution in [-0.2, 0) is 6.54 Å². The second-order valence-corrected chi connectivity index (χ2v) is 6.11. The number of rotatable bonds is 7. The Morgan fingerprint density at radius 1 is 1.00 bits per heavy atom. The van der Waals surface area contributed by atoms with Gasteiger partial charge in [-0.2, -0.15) is 5.10 Å². The molecule has 26 heavy (non-hydrogen) atoms. The van der Waals surface area contributed by atoms with E-state index in [2.05, 4.69) is 17.6 Å². The second kappa shape index (κ2) is 8.85. The number of nitrogens with zero attached hydrogens (tertiary/aromatic N) is 2. The Morgan fingerprint density at radius 2 is 1.69 bits per heavy atom. The van der Waals surface area contributed by atoms with Crippen LogP contribution in [0, 0.1) is 0 Å². The molecule has 3 aromatic rings. The van der Waals surface area contributed by atoms with Crippen LogP contribution in [0.1, 0.15) is 25.3 Å². The summed E-state index contributed by atoms with van der Waals surface area (Å²) in [5.74, 6) is 0. The molecular weight excluding hydrogens is 324 g/mol. The number of benzene rings is 2. The number of amides is 2. The quantitative estimate of drug-likeness (QED) is 0.631. The largest absolute Gasteiger partial charge is 0.338 e. The Kier molecular flexibility index (Phi) is 6.04. The Morgan fingerprint density at radius 3 is 2.38 bits per heavy atom. The van der Waals surface area contributed by atoms with Crippen molar-refractivity contribution in [1.29, 1.82) is 0 Å². The van der Waals surface area contributed by atoms with E-state index in [0.717, 1.165) is 35.3 Å². The molecule has 2 amide bonds. The van der Waals surface area contributed by atoms with Gasteiger partial charge in [0.05, 0.1) is 11.4 Å². The number of urea groups is 1. The van der Waals surface area contributed by atoms with Gasteiger partial charge < -0.3 is 10.6 Å². The van der Waals surface area contributed by atoms with Gasteiger partial charge in [-0.1, -0.05) is 61.9 Å². The molecule has 1 heterocycles. The molecular formula is C21H24N4O. The summed E-state index contributed by atoms with van der Waals surface area (Å²) < 4.78 is 1.86. The van der Waals surface area contributed by atoms with Crippen LogP contribution in [0.2, 0.25) is 0 Å². The molecule has 0 radical (unpaired) electrons. The van der Waals surface area contributed by atoms with Gasteiger partial charge in [0.25, 0.3) is 0 Å². The number of hydrogen-bond acceptors (Lipinski definition) is 2. The maximum absolute atomic E-state index is 12.0. The van der Waals surface area contributed by atoms with Crippen LogP contribution in [-0.4, -0.2) is 22.4 Å². The lowest BCUT2D eigenvalue weighted by Crippen LogP contribution is -2.35. The van der Waals surface area contributed by atoms with E-state index >= 15 is 0 Å². The number of unbranched alkanes of at least 4 members (excludes halogenated alkanes) is 1. The number of hydrogen-bond donors (Lipinski definition) is 2. The second-order valence-electron chi connectivity index (χ2n) is 6.11. The maximum Gasteiger partial charge on any atom is 0.315 e. The molecule has 2 N–H and O–H groups in total. The highest BCUT2D eigenvalue weighted by molar-refractivity contribution is 5.74. The molecule has 0 saturated carbocycles. The summed E-state index contributed by atoms with van der Waals surface area (Å²) in [5.41, 5.74) is 3.88. The molecule has 5 nitrogen and oxygen atoms in total. The maximum atomic E-state index is 12.0. The average Bonchev–Trinajstić information content (AvgIpc) is 3.12. The SMILES string of the molecule is CCCCNC(=O)NCc1cn(-c2ccccc2)nc1-c1ccccc1. The first-order valence-electron chi connectivity index (χ1n) is 8.99. The zero-order chi connectivity index (χ0) is 18.2. The van der Waals surface area contributed by atoms with Crippen molar-refractivity contribution < 1.29 is 4.79 Å². The van der Waals surface area contributed by atoms with Gasteiger partial charge in [0.1, 0.15) is 0 Å². The van der Waals surface area contributed by atoms with Crippen LogP contribution in [0.15, 0.2) is 66.9 Å². The summed E-state index contributed by atoms with van der Waals surface area (Å²) in [6.45, 7) is 3.22. The standard InChI is InChI=1S/C21H24N4O/c1-2-3-14-22-21(26)23-15-18-16-25(19-12-8-5-9-13-19)24-20(18)17-10-6-4-7-11-17/h4-13,16H,2-3,14-15H2,1H3,(H2,22,23,26). The van der Waals surface area contributed by atoms with Crippen molar-refractivity contribution in [2.75, 3.05) is 6.54 Å². The van der Waals surface area contributed by atoms with Crippen molar-refractivity contribution in [2.24, 2.45) is 0 Å². The Hall–Kier alpha value is -3.08. The fourth-order valence-corrected chi connectivity index (χ4v) is 2.71. The van der Waals surface area contributed by atoms with Gasteiger partial charge in [-0.15, -0.1) is 0 Å². The minimum Gasteiger partial charge on any atom is -0.338 e. The number of nitrogens with one attached hydrogen (secondary N) is 2.